The number of nitrogen functional groups attached to an aromatic ring is 1. The number of nitrogens with two attached hydrogens (primary N) is 1. The summed E-state index contributed by atoms with van der Waals surface area (Å²) in [6.45, 7) is 5.10. The van der Waals surface area contributed by atoms with Gasteiger partial charge in [-0.15, -0.1) is 5.10 Å². The van der Waals surface area contributed by atoms with Crippen LogP contribution < -0.4 is 5.73 Å². The lowest BCUT2D eigenvalue weighted by Gasteiger charge is -2.32. The van der Waals surface area contributed by atoms with Gasteiger partial charge in [-0.25, -0.2) is 23.3 Å². The van der Waals surface area contributed by atoms with Crippen molar-refractivity contribution in [3.05, 3.63) is 65.9 Å². The summed E-state index contributed by atoms with van der Waals surface area (Å²) < 4.78 is 29.1. The van der Waals surface area contributed by atoms with E-state index in [2.05, 4.69) is 49.1 Å². The van der Waals surface area contributed by atoms with Gasteiger partial charge in [0.25, 0.3) is 0 Å². The van der Waals surface area contributed by atoms with Gasteiger partial charge in [-0.1, -0.05) is 35.4 Å². The molecule has 0 radical (unpaired) electrons. The standard InChI is InChI=1S/C24H24F2N8O/c1-32-9-11-33(12-10-32)14-15-5-7-16(8-6-15)18-13-28-21(22(27)29-18)23-30-31-24(35)34(23)19-4-2-3-17(25)20(19)26/h2-8,13H,9-12,14H2,1H3,(H2,27,29)(H,31,35). The number of nitrogens with zero attached hydrogens (tertiary/aromatic N) is 7. The smallest absolute Gasteiger partial charge is 0.319 e. The molecule has 4 aromatic rings. The number of hydrogen-bond donors (Lipinski definition) is 2. The Morgan fingerprint density at radius 3 is 2.46 bits per heavy atom. The summed E-state index contributed by atoms with van der Waals surface area (Å²) in [4.78, 5) is 13.5. The minimum Gasteiger partial charge on any atom is -0.479 e. The maximum atomic E-state index is 14.4. The van der Waals surface area contributed by atoms with Crippen molar-refractivity contribution in [1.82, 2.24) is 34.5 Å². The first-order valence-electron chi connectivity index (χ1n) is 11.1. The molecule has 0 bridgehead atoms. The van der Waals surface area contributed by atoms with Crippen molar-refractivity contribution in [2.45, 2.75) is 6.54 Å². The van der Waals surface area contributed by atoms with Crippen molar-refractivity contribution in [2.75, 3.05) is 39.0 Å². The van der Waals surface area contributed by atoms with E-state index in [1.165, 1.54) is 23.9 Å². The molecule has 0 atom stereocenters. The average Bonchev–Trinajstić information content (AvgIpc) is 3.23. The minimum absolute atomic E-state index is 0.00877. The van der Waals surface area contributed by atoms with Crippen molar-refractivity contribution < 1.29 is 13.9 Å². The predicted octanol–water partition coefficient (Wildman–Crippen LogP) is 2.70. The molecule has 3 N–H and O–H groups in total. The number of benzene rings is 2. The normalized spacial score (nSPS) is 14.9. The predicted molar refractivity (Wildman–Crippen MR) is 127 cm³/mol. The Labute approximate surface area is 200 Å². The van der Waals surface area contributed by atoms with E-state index in [0.717, 1.165) is 48.9 Å². The van der Waals surface area contributed by atoms with Crippen LogP contribution in [0.5, 0.6) is 6.01 Å². The lowest BCUT2D eigenvalue weighted by Crippen LogP contribution is -2.43. The minimum atomic E-state index is -1.16. The maximum Gasteiger partial charge on any atom is 0.319 e. The topological polar surface area (TPSA) is 109 Å². The summed E-state index contributed by atoms with van der Waals surface area (Å²) in [6.07, 6.45) is 1.51. The summed E-state index contributed by atoms with van der Waals surface area (Å²) in [7, 11) is 2.14. The van der Waals surface area contributed by atoms with Gasteiger partial charge >= 0.3 is 6.01 Å². The molecule has 2 aromatic heterocycles. The summed E-state index contributed by atoms with van der Waals surface area (Å²) in [6, 6.07) is 11.0. The van der Waals surface area contributed by atoms with Gasteiger partial charge in [-0.2, -0.15) is 0 Å². The van der Waals surface area contributed by atoms with Gasteiger partial charge in [0, 0.05) is 38.3 Å². The lowest BCUT2D eigenvalue weighted by molar-refractivity contribution is 0.148. The van der Waals surface area contributed by atoms with Crippen LogP contribution in [0.25, 0.3) is 28.5 Å². The third-order valence-electron chi connectivity index (χ3n) is 6.08. The Morgan fingerprint density at radius 1 is 1.00 bits per heavy atom. The largest absolute Gasteiger partial charge is 0.479 e. The van der Waals surface area contributed by atoms with Gasteiger partial charge in [0.1, 0.15) is 0 Å². The number of aromatic nitrogens is 5. The maximum absolute atomic E-state index is 14.4. The van der Waals surface area contributed by atoms with Crippen molar-refractivity contribution in [3.63, 3.8) is 0 Å². The van der Waals surface area contributed by atoms with E-state index < -0.39 is 17.6 Å². The molecule has 0 saturated carbocycles. The highest BCUT2D eigenvalue weighted by atomic mass is 19.2. The van der Waals surface area contributed by atoms with Crippen molar-refractivity contribution >= 4 is 5.82 Å². The highest BCUT2D eigenvalue weighted by Crippen LogP contribution is 2.30. The summed E-state index contributed by atoms with van der Waals surface area (Å²) in [5.74, 6) is -2.30. The molecule has 0 spiro atoms. The number of aromatic hydroxyl groups is 1. The molecular formula is C24H24F2N8O. The first-order valence-corrected chi connectivity index (χ1v) is 11.1. The fourth-order valence-corrected chi connectivity index (χ4v) is 4.08. The van der Waals surface area contributed by atoms with Crippen molar-refractivity contribution in [2.24, 2.45) is 0 Å². The summed E-state index contributed by atoms with van der Waals surface area (Å²) >= 11 is 0. The molecular weight excluding hydrogens is 454 g/mol. The molecule has 0 amide bonds. The molecule has 0 aliphatic carbocycles. The average molecular weight is 479 g/mol. The fourth-order valence-electron chi connectivity index (χ4n) is 4.08. The zero-order valence-corrected chi connectivity index (χ0v) is 19.1. The molecule has 5 rings (SSSR count). The second-order valence-corrected chi connectivity index (χ2v) is 8.50. The molecule has 180 valence electrons. The second-order valence-electron chi connectivity index (χ2n) is 8.50. The zero-order valence-electron chi connectivity index (χ0n) is 19.1. The van der Waals surface area contributed by atoms with Gasteiger partial charge in [0.15, 0.2) is 29.0 Å². The first-order chi connectivity index (χ1) is 16.9. The van der Waals surface area contributed by atoms with Gasteiger partial charge < -0.3 is 15.7 Å². The van der Waals surface area contributed by atoms with E-state index >= 15 is 0 Å². The Bertz CT molecular complexity index is 1350. The van der Waals surface area contributed by atoms with Crippen LogP contribution in [0, 0.1) is 11.6 Å². The van der Waals surface area contributed by atoms with Gasteiger partial charge in [-0.3, -0.25) is 4.90 Å². The third-order valence-corrected chi connectivity index (χ3v) is 6.08. The summed E-state index contributed by atoms with van der Waals surface area (Å²) in [5, 5.41) is 17.6. The van der Waals surface area contributed by atoms with Crippen LogP contribution >= 0.6 is 0 Å². The SMILES string of the molecule is CN1CCN(Cc2ccc(-c3cnc(-c4nnc(O)n4-c4cccc(F)c4F)c(N)n3)cc2)CC1. The van der Waals surface area contributed by atoms with Crippen LogP contribution in [0.2, 0.25) is 0 Å². The Hall–Kier alpha value is -3.96. The van der Waals surface area contributed by atoms with Crippen LogP contribution in [0.3, 0.4) is 0 Å². The number of anilines is 1. The monoisotopic (exact) mass is 478 g/mol. The number of halogens is 2. The zero-order chi connectivity index (χ0) is 24.5. The van der Waals surface area contributed by atoms with Crippen LogP contribution in [0.1, 0.15) is 5.56 Å². The molecule has 2 aromatic carbocycles. The van der Waals surface area contributed by atoms with Crippen LogP contribution in [-0.4, -0.2) is 72.9 Å². The molecule has 1 aliphatic heterocycles. The molecule has 3 heterocycles. The van der Waals surface area contributed by atoms with Crippen molar-refractivity contribution in [3.8, 4) is 34.5 Å². The lowest BCUT2D eigenvalue weighted by atomic mass is 10.1. The summed E-state index contributed by atoms with van der Waals surface area (Å²) in [5.41, 5.74) is 8.55. The first kappa shape index (κ1) is 22.8. The molecule has 9 nitrogen and oxygen atoms in total. The molecule has 11 heteroatoms. The molecule has 1 aliphatic rings. The Kier molecular flexibility index (Phi) is 6.10. The van der Waals surface area contributed by atoms with Gasteiger partial charge in [0.2, 0.25) is 0 Å². The van der Waals surface area contributed by atoms with E-state index in [9.17, 15) is 13.9 Å². The number of rotatable bonds is 5. The van der Waals surface area contributed by atoms with E-state index in [1.54, 1.807) is 0 Å². The number of likely N-dealkylation sites (N-methyl/N-ethyl adjacent to an activating group) is 1. The van der Waals surface area contributed by atoms with Crippen molar-refractivity contribution in [1.29, 1.82) is 0 Å². The Morgan fingerprint density at radius 2 is 1.74 bits per heavy atom. The molecule has 35 heavy (non-hydrogen) atoms. The van der Waals surface area contributed by atoms with E-state index in [4.69, 9.17) is 5.73 Å². The fraction of sp³-hybridized carbons (Fsp3) is 0.250. The van der Waals surface area contributed by atoms with E-state index in [-0.39, 0.29) is 23.0 Å². The van der Waals surface area contributed by atoms with Crippen LogP contribution in [-0.2, 0) is 6.54 Å². The molecule has 1 fully saturated rings. The Balaban J connectivity index is 1.40. The van der Waals surface area contributed by atoms with Gasteiger partial charge in [-0.05, 0) is 24.7 Å². The highest BCUT2D eigenvalue weighted by molar-refractivity contribution is 5.70. The second kappa shape index (κ2) is 9.35. The van der Waals surface area contributed by atoms with Crippen LogP contribution in [0.4, 0.5) is 14.6 Å². The number of hydrogen-bond acceptors (Lipinski definition) is 8. The molecule has 1 saturated heterocycles. The van der Waals surface area contributed by atoms with E-state index in [1.807, 2.05) is 12.1 Å². The van der Waals surface area contributed by atoms with Gasteiger partial charge in [0.05, 0.1) is 17.6 Å². The van der Waals surface area contributed by atoms with Crippen LogP contribution in [0.15, 0.2) is 48.7 Å². The molecule has 0 unspecified atom stereocenters. The third kappa shape index (κ3) is 4.55. The quantitative estimate of drug-likeness (QED) is 0.451. The number of piperazine rings is 1. The highest BCUT2D eigenvalue weighted by Gasteiger charge is 2.23. The van der Waals surface area contributed by atoms with E-state index in [0.29, 0.717) is 5.69 Å².